The van der Waals surface area contributed by atoms with Crippen LogP contribution in [-0.2, 0) is 40.4 Å². The van der Waals surface area contributed by atoms with Crippen LogP contribution in [0.25, 0.3) is 0 Å². The number of benzene rings is 1. The summed E-state index contributed by atoms with van der Waals surface area (Å²) in [6.45, 7) is 5.05. The van der Waals surface area contributed by atoms with Gasteiger partial charge in [-0.3, -0.25) is 9.59 Å². The van der Waals surface area contributed by atoms with Gasteiger partial charge in [0.2, 0.25) is 6.10 Å². The molecule has 9 heteroatoms. The van der Waals surface area contributed by atoms with Crippen molar-refractivity contribution in [2.24, 2.45) is 11.8 Å². The topological polar surface area (TPSA) is 118 Å². The van der Waals surface area contributed by atoms with Crippen LogP contribution >= 0.6 is 0 Å². The van der Waals surface area contributed by atoms with Crippen LogP contribution in [-0.4, -0.2) is 54.5 Å². The molecule has 1 spiro atoms. The van der Waals surface area contributed by atoms with Crippen LogP contribution in [0, 0.1) is 11.8 Å². The van der Waals surface area contributed by atoms with Gasteiger partial charge in [-0.25, -0.2) is 4.79 Å². The minimum absolute atomic E-state index is 0.0665. The lowest BCUT2D eigenvalue weighted by molar-refractivity contribution is -0.172. The molecule has 200 valence electrons. The molecule has 0 unspecified atom stereocenters. The molecule has 1 aromatic carbocycles. The summed E-state index contributed by atoms with van der Waals surface area (Å²) in [6.07, 6.45) is 2.69. The molecule has 0 aromatic heterocycles. The number of ether oxygens (including phenoxy) is 5. The van der Waals surface area contributed by atoms with E-state index in [2.05, 4.69) is 0 Å². The molecular weight excluding hydrogens is 480 g/mol. The first-order valence-corrected chi connectivity index (χ1v) is 12.9. The van der Waals surface area contributed by atoms with E-state index >= 15 is 0 Å². The van der Waals surface area contributed by atoms with Crippen LogP contribution in [0.4, 0.5) is 0 Å². The highest BCUT2D eigenvalue weighted by atomic mass is 16.6. The van der Waals surface area contributed by atoms with E-state index in [-0.39, 0.29) is 18.4 Å². The number of carbonyl (C=O) groups excluding carboxylic acids is 3. The predicted molar refractivity (Wildman–Crippen MR) is 130 cm³/mol. The second-order valence-corrected chi connectivity index (χ2v) is 10.9. The fraction of sp³-hybridized carbons (Fsp3) is 0.607. The van der Waals surface area contributed by atoms with Gasteiger partial charge in [0.25, 0.3) is 0 Å². The van der Waals surface area contributed by atoms with Gasteiger partial charge in [-0.15, -0.1) is 0 Å². The zero-order valence-corrected chi connectivity index (χ0v) is 21.7. The van der Waals surface area contributed by atoms with Crippen LogP contribution in [0.15, 0.2) is 24.0 Å². The van der Waals surface area contributed by atoms with E-state index in [4.69, 9.17) is 23.7 Å². The lowest BCUT2D eigenvalue weighted by atomic mass is 9.47. The third kappa shape index (κ3) is 3.98. The zero-order chi connectivity index (χ0) is 26.5. The summed E-state index contributed by atoms with van der Waals surface area (Å²) in [5.41, 5.74) is 0.288. The molecule has 4 aliphatic rings. The van der Waals surface area contributed by atoms with E-state index in [9.17, 15) is 19.5 Å². The minimum atomic E-state index is -1.41. The Morgan fingerprint density at radius 2 is 2.03 bits per heavy atom. The lowest BCUT2D eigenvalue weighted by Gasteiger charge is -2.59. The maximum atomic E-state index is 13.0. The van der Waals surface area contributed by atoms with Gasteiger partial charge in [0.05, 0.1) is 31.2 Å². The van der Waals surface area contributed by atoms with Gasteiger partial charge in [0, 0.05) is 12.5 Å². The Labute approximate surface area is 216 Å². The predicted octanol–water partition coefficient (Wildman–Crippen LogP) is 3.13. The smallest absolute Gasteiger partial charge is 0.348 e. The van der Waals surface area contributed by atoms with Crippen molar-refractivity contribution in [1.82, 2.24) is 0 Å². The molecule has 2 bridgehead atoms. The van der Waals surface area contributed by atoms with E-state index in [1.54, 1.807) is 13.2 Å². The van der Waals surface area contributed by atoms with Gasteiger partial charge in [0.15, 0.2) is 17.6 Å². The van der Waals surface area contributed by atoms with Crippen molar-refractivity contribution in [1.29, 1.82) is 0 Å². The third-order valence-corrected chi connectivity index (χ3v) is 8.18. The molecule has 3 aliphatic carbocycles. The van der Waals surface area contributed by atoms with E-state index < -0.39 is 47.6 Å². The molecule has 1 aliphatic heterocycles. The van der Waals surface area contributed by atoms with E-state index in [1.165, 1.54) is 0 Å². The number of aliphatic hydroxyl groups is 1. The van der Waals surface area contributed by atoms with Gasteiger partial charge in [0.1, 0.15) is 5.76 Å². The summed E-state index contributed by atoms with van der Waals surface area (Å²) < 4.78 is 28.1. The molecule has 1 heterocycles. The molecule has 1 fully saturated rings. The normalized spacial score (nSPS) is 29.4. The Morgan fingerprint density at radius 3 is 2.73 bits per heavy atom. The van der Waals surface area contributed by atoms with Gasteiger partial charge in [-0.2, -0.15) is 0 Å². The Kier molecular flexibility index (Phi) is 6.46. The maximum absolute atomic E-state index is 13.0. The third-order valence-electron chi connectivity index (χ3n) is 8.18. The van der Waals surface area contributed by atoms with Gasteiger partial charge in [-0.05, 0) is 55.2 Å². The summed E-state index contributed by atoms with van der Waals surface area (Å²) in [4.78, 5) is 37.1. The molecule has 5 rings (SSSR count). The van der Waals surface area contributed by atoms with Crippen molar-refractivity contribution in [2.75, 3.05) is 13.7 Å². The number of rotatable bonds is 8. The maximum Gasteiger partial charge on any atom is 0.348 e. The van der Waals surface area contributed by atoms with Crippen molar-refractivity contribution in [3.8, 4) is 11.5 Å². The number of hydrogen-bond acceptors (Lipinski definition) is 9. The first-order valence-electron chi connectivity index (χ1n) is 12.9. The first-order chi connectivity index (χ1) is 17.6. The SMILES string of the molecule is COc1ccc2c3c1O[C@H]1C(OC(=O)C[C@H](OC(C)=O)C(=O)OCC(C)C)=CC[C@@]4(O)[C@H](CCC[C@]314)C2. The fourth-order valence-corrected chi connectivity index (χ4v) is 6.72. The number of esters is 3. The summed E-state index contributed by atoms with van der Waals surface area (Å²) >= 11 is 0. The quantitative estimate of drug-likeness (QED) is 0.412. The summed E-state index contributed by atoms with van der Waals surface area (Å²) in [5, 5.41) is 12.1. The molecular formula is C28H34O9. The largest absolute Gasteiger partial charge is 0.493 e. The van der Waals surface area contributed by atoms with Crippen molar-refractivity contribution in [3.63, 3.8) is 0 Å². The highest BCUT2D eigenvalue weighted by molar-refractivity contribution is 5.84. The molecule has 0 saturated heterocycles. The van der Waals surface area contributed by atoms with Crippen molar-refractivity contribution in [2.45, 2.75) is 82.5 Å². The number of hydrogen-bond donors (Lipinski definition) is 1. The highest BCUT2D eigenvalue weighted by Crippen LogP contribution is 2.67. The zero-order valence-electron chi connectivity index (χ0n) is 21.7. The second-order valence-electron chi connectivity index (χ2n) is 10.9. The van der Waals surface area contributed by atoms with Crippen LogP contribution < -0.4 is 9.47 Å². The monoisotopic (exact) mass is 514 g/mol. The Morgan fingerprint density at radius 1 is 1.24 bits per heavy atom. The molecule has 0 radical (unpaired) electrons. The molecule has 1 aromatic rings. The molecule has 5 atom stereocenters. The average molecular weight is 515 g/mol. The molecule has 37 heavy (non-hydrogen) atoms. The van der Waals surface area contributed by atoms with E-state index in [1.807, 2.05) is 26.0 Å². The summed E-state index contributed by atoms with van der Waals surface area (Å²) in [5.74, 6) is -0.661. The van der Waals surface area contributed by atoms with Gasteiger partial charge < -0.3 is 28.8 Å². The standard InChI is InChI=1S/C28H34O9/c1-15(2)14-34-26(31)21(35-16(3)29)13-22(30)36-20-9-11-28(32)18-6-5-10-27(28)23-17(12-18)7-8-19(33-4)24(23)37-25(20)27/h7-9,15,18,21,25,32H,5-6,10-14H2,1-4H3/t18-,21+,25+,27+,28-/m1/s1. The van der Waals surface area contributed by atoms with Crippen LogP contribution in [0.1, 0.15) is 64.0 Å². The van der Waals surface area contributed by atoms with Crippen molar-refractivity contribution < 1.29 is 43.2 Å². The number of carbonyl (C=O) groups is 3. The Hall–Kier alpha value is -3.07. The second kappa shape index (κ2) is 9.35. The lowest BCUT2D eigenvalue weighted by Crippen LogP contribution is -2.67. The molecule has 1 N–H and O–H groups in total. The summed E-state index contributed by atoms with van der Waals surface area (Å²) in [7, 11) is 1.57. The average Bonchev–Trinajstić information content (AvgIpc) is 3.18. The van der Waals surface area contributed by atoms with Crippen LogP contribution in [0.3, 0.4) is 0 Å². The number of methoxy groups -OCH3 is 1. The molecule has 0 amide bonds. The van der Waals surface area contributed by atoms with Gasteiger partial charge >= 0.3 is 17.9 Å². The van der Waals surface area contributed by atoms with E-state index in [0.717, 1.165) is 37.3 Å². The highest BCUT2D eigenvalue weighted by Gasteiger charge is 2.70. The van der Waals surface area contributed by atoms with Crippen LogP contribution in [0.2, 0.25) is 0 Å². The Balaban J connectivity index is 1.42. The molecule has 9 nitrogen and oxygen atoms in total. The molecule has 1 saturated carbocycles. The minimum Gasteiger partial charge on any atom is -0.493 e. The first kappa shape index (κ1) is 25.6. The van der Waals surface area contributed by atoms with Crippen molar-refractivity contribution in [3.05, 3.63) is 35.1 Å². The van der Waals surface area contributed by atoms with Crippen LogP contribution in [0.5, 0.6) is 11.5 Å². The van der Waals surface area contributed by atoms with Gasteiger partial charge in [-0.1, -0.05) is 26.3 Å². The Bertz CT molecular complexity index is 1150. The van der Waals surface area contributed by atoms with E-state index in [0.29, 0.717) is 30.1 Å². The fourth-order valence-electron chi connectivity index (χ4n) is 6.72. The van der Waals surface area contributed by atoms with Crippen molar-refractivity contribution >= 4 is 17.9 Å². The summed E-state index contributed by atoms with van der Waals surface area (Å²) in [6, 6.07) is 3.92.